The van der Waals surface area contributed by atoms with E-state index in [0.29, 0.717) is 35.8 Å². The van der Waals surface area contributed by atoms with Gasteiger partial charge in [-0.3, -0.25) is 14.3 Å². The standard InChI is InChI=1S/C22H24N4O3.ClH/c1-29-18-6-2-4-15-14(18)8-7-13-12-24-17(19(13)15)9-11-26-21(27)16-5-3-10-23-20(16)25-22(26)28;/h2-6,10,13,17,19,24H,7-9,11-12H2,1H3,(H,23,25,28);1H/t13-,17?,19+;/m0./s1. The van der Waals surface area contributed by atoms with Crippen molar-refractivity contribution in [1.82, 2.24) is 19.9 Å². The number of pyridine rings is 1. The molecule has 3 atom stereocenters. The van der Waals surface area contributed by atoms with Gasteiger partial charge in [-0.25, -0.2) is 9.78 Å². The number of fused-ring (bicyclic) bond motifs is 4. The summed E-state index contributed by atoms with van der Waals surface area (Å²) in [5.41, 5.74) is 2.31. The van der Waals surface area contributed by atoms with E-state index in [1.807, 2.05) is 6.07 Å². The summed E-state index contributed by atoms with van der Waals surface area (Å²) in [5, 5.41) is 4.08. The molecule has 7 nitrogen and oxygen atoms in total. The maximum atomic E-state index is 12.8. The molecule has 0 spiro atoms. The van der Waals surface area contributed by atoms with E-state index in [2.05, 4.69) is 27.4 Å². The molecule has 8 heteroatoms. The Bertz CT molecular complexity index is 1190. The molecule has 1 aliphatic carbocycles. The highest BCUT2D eigenvalue weighted by molar-refractivity contribution is 5.85. The fourth-order valence-electron chi connectivity index (χ4n) is 5.16. The van der Waals surface area contributed by atoms with E-state index in [1.165, 1.54) is 15.7 Å². The lowest BCUT2D eigenvalue weighted by atomic mass is 9.73. The van der Waals surface area contributed by atoms with Crippen LogP contribution in [0.1, 0.15) is 29.9 Å². The van der Waals surface area contributed by atoms with Gasteiger partial charge in [0.15, 0.2) is 0 Å². The van der Waals surface area contributed by atoms with Crippen molar-refractivity contribution in [3.05, 3.63) is 68.5 Å². The molecule has 1 saturated heterocycles. The fraction of sp³-hybridized carbons (Fsp3) is 0.409. The molecular weight excluding hydrogens is 404 g/mol. The van der Waals surface area contributed by atoms with Gasteiger partial charge in [0.05, 0.1) is 12.5 Å². The molecule has 0 saturated carbocycles. The number of hydrogen-bond acceptors (Lipinski definition) is 5. The van der Waals surface area contributed by atoms with E-state index in [4.69, 9.17) is 4.74 Å². The third kappa shape index (κ3) is 3.32. The molecule has 0 radical (unpaired) electrons. The second kappa shape index (κ2) is 8.24. The van der Waals surface area contributed by atoms with Crippen LogP contribution in [-0.2, 0) is 13.0 Å². The van der Waals surface area contributed by atoms with Crippen molar-refractivity contribution in [1.29, 1.82) is 0 Å². The number of methoxy groups -OCH3 is 1. The highest BCUT2D eigenvalue weighted by atomic mass is 35.5. The Balaban J connectivity index is 0.00000218. The molecule has 2 N–H and O–H groups in total. The van der Waals surface area contributed by atoms with Crippen LogP contribution in [0.15, 0.2) is 46.1 Å². The lowest BCUT2D eigenvalue weighted by Gasteiger charge is -2.32. The van der Waals surface area contributed by atoms with Gasteiger partial charge in [0.1, 0.15) is 11.4 Å². The third-order valence-electron chi connectivity index (χ3n) is 6.51. The van der Waals surface area contributed by atoms with Crippen LogP contribution in [0.25, 0.3) is 11.0 Å². The molecule has 1 fully saturated rings. The van der Waals surface area contributed by atoms with Crippen LogP contribution in [-0.4, -0.2) is 34.2 Å². The molecular formula is C22H25ClN4O3. The minimum Gasteiger partial charge on any atom is -0.496 e. The quantitative estimate of drug-likeness (QED) is 0.665. The summed E-state index contributed by atoms with van der Waals surface area (Å²) in [5.74, 6) is 1.92. The predicted molar refractivity (Wildman–Crippen MR) is 118 cm³/mol. The van der Waals surface area contributed by atoms with Gasteiger partial charge >= 0.3 is 5.69 Å². The Hall–Kier alpha value is -2.64. The molecule has 30 heavy (non-hydrogen) atoms. The first kappa shape index (κ1) is 20.6. The summed E-state index contributed by atoms with van der Waals surface area (Å²) >= 11 is 0. The van der Waals surface area contributed by atoms with Gasteiger partial charge in [-0.2, -0.15) is 0 Å². The number of aromatic nitrogens is 3. The molecule has 3 heterocycles. The largest absolute Gasteiger partial charge is 0.496 e. The first-order valence-electron chi connectivity index (χ1n) is 10.1. The van der Waals surface area contributed by atoms with Crippen LogP contribution in [0, 0.1) is 5.92 Å². The number of nitrogens with one attached hydrogen (secondary N) is 2. The number of rotatable bonds is 4. The number of nitrogens with zero attached hydrogens (tertiary/aromatic N) is 2. The van der Waals surface area contributed by atoms with Gasteiger partial charge in [0, 0.05) is 24.7 Å². The van der Waals surface area contributed by atoms with Crippen LogP contribution in [0.4, 0.5) is 0 Å². The van der Waals surface area contributed by atoms with Crippen molar-refractivity contribution in [2.75, 3.05) is 13.7 Å². The highest BCUT2D eigenvalue weighted by Gasteiger charge is 2.40. The van der Waals surface area contributed by atoms with Crippen LogP contribution >= 0.6 is 12.4 Å². The second-order valence-electron chi connectivity index (χ2n) is 7.94. The Morgan fingerprint density at radius 2 is 2.10 bits per heavy atom. The minimum absolute atomic E-state index is 0. The van der Waals surface area contributed by atoms with E-state index >= 15 is 0 Å². The third-order valence-corrected chi connectivity index (χ3v) is 6.51. The summed E-state index contributed by atoms with van der Waals surface area (Å²) in [4.78, 5) is 32.0. The monoisotopic (exact) mass is 428 g/mol. The Kier molecular flexibility index (Phi) is 5.66. The molecule has 2 aromatic heterocycles. The van der Waals surface area contributed by atoms with Crippen molar-refractivity contribution in [2.24, 2.45) is 5.92 Å². The Morgan fingerprint density at radius 1 is 1.23 bits per heavy atom. The molecule has 1 aliphatic heterocycles. The average molecular weight is 429 g/mol. The summed E-state index contributed by atoms with van der Waals surface area (Å²) in [6.45, 7) is 1.35. The van der Waals surface area contributed by atoms with Crippen LogP contribution in [0.2, 0.25) is 0 Å². The summed E-state index contributed by atoms with van der Waals surface area (Å²) in [6.07, 6.45) is 4.45. The van der Waals surface area contributed by atoms with E-state index < -0.39 is 5.69 Å². The maximum Gasteiger partial charge on any atom is 0.329 e. The second-order valence-corrected chi connectivity index (χ2v) is 7.94. The summed E-state index contributed by atoms with van der Waals surface area (Å²) < 4.78 is 6.88. The molecule has 1 unspecified atom stereocenters. The van der Waals surface area contributed by atoms with Crippen molar-refractivity contribution in [2.45, 2.75) is 37.8 Å². The van der Waals surface area contributed by atoms with Crippen molar-refractivity contribution >= 4 is 23.4 Å². The van der Waals surface area contributed by atoms with Crippen LogP contribution < -0.4 is 21.3 Å². The molecule has 3 aromatic rings. The molecule has 5 rings (SSSR count). The zero-order chi connectivity index (χ0) is 20.0. The zero-order valence-corrected chi connectivity index (χ0v) is 17.6. The van der Waals surface area contributed by atoms with E-state index in [-0.39, 0.29) is 24.0 Å². The van der Waals surface area contributed by atoms with Gasteiger partial charge in [-0.15, -0.1) is 12.4 Å². The zero-order valence-electron chi connectivity index (χ0n) is 16.8. The fourth-order valence-corrected chi connectivity index (χ4v) is 5.16. The predicted octanol–water partition coefficient (Wildman–Crippen LogP) is 2.22. The van der Waals surface area contributed by atoms with Gasteiger partial charge < -0.3 is 10.1 Å². The first-order chi connectivity index (χ1) is 14.2. The number of H-pyrrole nitrogens is 1. The minimum atomic E-state index is -0.401. The van der Waals surface area contributed by atoms with E-state index in [9.17, 15) is 9.59 Å². The number of ether oxygens (including phenoxy) is 1. The lowest BCUT2D eigenvalue weighted by molar-refractivity contribution is 0.371. The van der Waals surface area contributed by atoms with Crippen molar-refractivity contribution in [3.63, 3.8) is 0 Å². The SMILES string of the molecule is COc1cccc2c1CC[C@H]1CNC(CCn3c(=O)[nH]c4ncccc4c3=O)[C@@H]21.Cl. The topological polar surface area (TPSA) is 89.0 Å². The smallest absolute Gasteiger partial charge is 0.329 e. The first-order valence-corrected chi connectivity index (χ1v) is 10.1. The molecule has 0 bridgehead atoms. The molecule has 158 valence electrons. The molecule has 0 amide bonds. The van der Waals surface area contributed by atoms with Crippen LogP contribution in [0.3, 0.4) is 0 Å². The van der Waals surface area contributed by atoms with E-state index in [0.717, 1.165) is 25.1 Å². The van der Waals surface area contributed by atoms with Crippen molar-refractivity contribution in [3.8, 4) is 5.75 Å². The Labute approximate surface area is 179 Å². The van der Waals surface area contributed by atoms with Crippen LogP contribution in [0.5, 0.6) is 5.75 Å². The normalized spacial score (nSPS) is 22.2. The highest BCUT2D eigenvalue weighted by Crippen LogP contribution is 2.45. The number of benzene rings is 1. The number of aromatic amines is 1. The van der Waals surface area contributed by atoms with Gasteiger partial charge in [0.2, 0.25) is 0 Å². The number of hydrogen-bond donors (Lipinski definition) is 2. The van der Waals surface area contributed by atoms with Gasteiger partial charge in [-0.1, -0.05) is 12.1 Å². The number of halogens is 1. The van der Waals surface area contributed by atoms with Gasteiger partial charge in [0.25, 0.3) is 5.56 Å². The average Bonchev–Trinajstić information content (AvgIpc) is 3.16. The summed E-state index contributed by atoms with van der Waals surface area (Å²) in [6, 6.07) is 9.92. The molecule has 1 aromatic carbocycles. The lowest BCUT2D eigenvalue weighted by Crippen LogP contribution is -2.38. The maximum absolute atomic E-state index is 12.8. The molecule has 2 aliphatic rings. The summed E-state index contributed by atoms with van der Waals surface area (Å²) in [7, 11) is 1.72. The van der Waals surface area contributed by atoms with Crippen molar-refractivity contribution < 1.29 is 4.74 Å². The Morgan fingerprint density at radius 3 is 2.93 bits per heavy atom. The van der Waals surface area contributed by atoms with Gasteiger partial charge in [-0.05, 0) is 61.1 Å². The van der Waals surface area contributed by atoms with E-state index in [1.54, 1.807) is 25.4 Å².